The van der Waals surface area contributed by atoms with Crippen LogP contribution in [0.3, 0.4) is 0 Å². The molecule has 0 amide bonds. The smallest absolute Gasteiger partial charge is 0.340 e. The molecule has 0 saturated heterocycles. The topological polar surface area (TPSA) is 86.2 Å². The molecule has 2 rings (SSSR count). The average Bonchev–Trinajstić information content (AvgIpc) is 2.48. The highest BCUT2D eigenvalue weighted by atomic mass is 35.5. The summed E-state index contributed by atoms with van der Waals surface area (Å²) in [5.74, 6) is -0.707. The van der Waals surface area contributed by atoms with Gasteiger partial charge in [-0.05, 0) is 19.1 Å². The van der Waals surface area contributed by atoms with Crippen LogP contribution in [0.4, 0.5) is 0 Å². The van der Waals surface area contributed by atoms with E-state index in [9.17, 15) is 9.59 Å². The maximum atomic E-state index is 12.3. The molecular formula is C13H14ClN3O4S. The molecule has 0 aliphatic heterocycles. The van der Waals surface area contributed by atoms with Crippen molar-refractivity contribution in [1.82, 2.24) is 14.5 Å². The number of rotatable bonds is 4. The lowest BCUT2D eigenvalue weighted by Gasteiger charge is -2.13. The third-order valence-electron chi connectivity index (χ3n) is 3.14. The first-order valence-corrected chi connectivity index (χ1v) is 7.11. The zero-order valence-corrected chi connectivity index (χ0v) is 13.8. The Balaban J connectivity index is 2.97. The van der Waals surface area contributed by atoms with E-state index in [1.807, 2.05) is 0 Å². The van der Waals surface area contributed by atoms with Gasteiger partial charge in [-0.15, -0.1) is 0 Å². The number of nitrogens with zero attached hydrogens (tertiary/aromatic N) is 2. The number of aromatic amines is 1. The standard InChI is InChI=1S/C13H14ClN3O4S/c1-6-9(14)7(12(19)21-3)8-10(15-6)17(4-5-20-2)13(22)16-11(8)18/h4-5H2,1-3H3,(H,16,18,22). The molecule has 2 heterocycles. The monoisotopic (exact) mass is 343 g/mol. The Hall–Kier alpha value is -1.77. The normalized spacial score (nSPS) is 10.9. The van der Waals surface area contributed by atoms with Crippen molar-refractivity contribution in [3.05, 3.63) is 31.4 Å². The SMILES string of the molecule is COCCn1c(=S)[nH]c(=O)c2c(C(=O)OC)c(Cl)c(C)nc21. The van der Waals surface area contributed by atoms with Gasteiger partial charge in [-0.1, -0.05) is 11.6 Å². The Morgan fingerprint density at radius 3 is 2.73 bits per heavy atom. The largest absolute Gasteiger partial charge is 0.465 e. The molecule has 0 fully saturated rings. The number of esters is 1. The van der Waals surface area contributed by atoms with Crippen LogP contribution in [0.5, 0.6) is 0 Å². The summed E-state index contributed by atoms with van der Waals surface area (Å²) in [6.07, 6.45) is 0. The molecule has 0 bridgehead atoms. The molecule has 0 unspecified atom stereocenters. The number of ether oxygens (including phenoxy) is 2. The van der Waals surface area contributed by atoms with Gasteiger partial charge in [0.25, 0.3) is 5.56 Å². The minimum absolute atomic E-state index is 0.0194. The van der Waals surface area contributed by atoms with Gasteiger partial charge in [0.2, 0.25) is 0 Å². The van der Waals surface area contributed by atoms with Gasteiger partial charge in [0.15, 0.2) is 4.77 Å². The zero-order valence-electron chi connectivity index (χ0n) is 12.2. The number of aryl methyl sites for hydroxylation is 1. The molecule has 0 aromatic carbocycles. The summed E-state index contributed by atoms with van der Waals surface area (Å²) in [6, 6.07) is 0. The maximum Gasteiger partial charge on any atom is 0.340 e. The highest BCUT2D eigenvalue weighted by Gasteiger charge is 2.22. The number of hydrogen-bond acceptors (Lipinski definition) is 6. The Morgan fingerprint density at radius 1 is 1.45 bits per heavy atom. The van der Waals surface area contributed by atoms with Crippen LogP contribution in [0.15, 0.2) is 4.79 Å². The van der Waals surface area contributed by atoms with Gasteiger partial charge in [0.1, 0.15) is 5.65 Å². The van der Waals surface area contributed by atoms with Gasteiger partial charge in [-0.3, -0.25) is 9.78 Å². The van der Waals surface area contributed by atoms with Gasteiger partial charge in [0, 0.05) is 7.11 Å². The molecule has 9 heteroatoms. The van der Waals surface area contributed by atoms with E-state index in [0.29, 0.717) is 18.8 Å². The Labute approximate surface area is 135 Å². The molecule has 0 radical (unpaired) electrons. The summed E-state index contributed by atoms with van der Waals surface area (Å²) in [5.41, 5.74) is 0.117. The molecule has 22 heavy (non-hydrogen) atoms. The highest BCUT2D eigenvalue weighted by molar-refractivity contribution is 7.71. The van der Waals surface area contributed by atoms with Crippen molar-refractivity contribution in [2.45, 2.75) is 13.5 Å². The van der Waals surface area contributed by atoms with Crippen molar-refractivity contribution >= 4 is 40.8 Å². The second-order valence-corrected chi connectivity index (χ2v) is 5.24. The van der Waals surface area contributed by atoms with Crippen molar-refractivity contribution in [2.24, 2.45) is 0 Å². The fraction of sp³-hybridized carbons (Fsp3) is 0.385. The molecule has 0 aliphatic rings. The van der Waals surface area contributed by atoms with Crippen molar-refractivity contribution in [2.75, 3.05) is 20.8 Å². The number of halogens is 1. The van der Waals surface area contributed by atoms with Crippen molar-refractivity contribution in [1.29, 1.82) is 0 Å². The van der Waals surface area contributed by atoms with Crippen LogP contribution in [-0.2, 0) is 16.0 Å². The van der Waals surface area contributed by atoms with Crippen molar-refractivity contribution < 1.29 is 14.3 Å². The Bertz CT molecular complexity index is 859. The first kappa shape index (κ1) is 16.6. The second-order valence-electron chi connectivity index (χ2n) is 4.48. The number of methoxy groups -OCH3 is 2. The van der Waals surface area contributed by atoms with E-state index in [4.69, 9.17) is 33.3 Å². The molecule has 2 aromatic heterocycles. The van der Waals surface area contributed by atoms with E-state index in [2.05, 4.69) is 9.97 Å². The minimum Gasteiger partial charge on any atom is -0.465 e. The Kier molecular flexibility index (Phi) is 4.94. The maximum absolute atomic E-state index is 12.3. The molecule has 2 aromatic rings. The minimum atomic E-state index is -0.707. The molecular weight excluding hydrogens is 330 g/mol. The molecule has 7 nitrogen and oxygen atoms in total. The van der Waals surface area contributed by atoms with Crippen LogP contribution < -0.4 is 5.56 Å². The van der Waals surface area contributed by atoms with Gasteiger partial charge in [-0.2, -0.15) is 0 Å². The third-order valence-corrected chi connectivity index (χ3v) is 3.93. The first-order valence-electron chi connectivity index (χ1n) is 6.32. The number of carbonyl (C=O) groups is 1. The van der Waals surface area contributed by atoms with E-state index in [1.165, 1.54) is 7.11 Å². The van der Waals surface area contributed by atoms with Gasteiger partial charge < -0.3 is 14.0 Å². The lowest BCUT2D eigenvalue weighted by molar-refractivity contribution is 0.0603. The van der Waals surface area contributed by atoms with Crippen LogP contribution in [0.2, 0.25) is 5.02 Å². The highest BCUT2D eigenvalue weighted by Crippen LogP contribution is 2.26. The first-order chi connectivity index (χ1) is 10.4. The van der Waals surface area contributed by atoms with E-state index in [-0.39, 0.29) is 26.4 Å². The quantitative estimate of drug-likeness (QED) is 0.673. The summed E-state index contributed by atoms with van der Waals surface area (Å²) in [7, 11) is 2.77. The third kappa shape index (κ3) is 2.77. The van der Waals surface area contributed by atoms with E-state index in [1.54, 1.807) is 18.6 Å². The Morgan fingerprint density at radius 2 is 2.14 bits per heavy atom. The molecule has 1 N–H and O–H groups in total. The zero-order chi connectivity index (χ0) is 16.4. The molecule has 118 valence electrons. The van der Waals surface area contributed by atoms with Crippen LogP contribution in [0, 0.1) is 11.7 Å². The second kappa shape index (κ2) is 6.55. The predicted octanol–water partition coefficient (Wildman–Crippen LogP) is 1.85. The van der Waals surface area contributed by atoms with Crippen LogP contribution >= 0.6 is 23.8 Å². The lowest BCUT2D eigenvalue weighted by Crippen LogP contribution is -2.21. The molecule has 0 saturated carbocycles. The van der Waals surface area contributed by atoms with Crippen molar-refractivity contribution in [3.63, 3.8) is 0 Å². The van der Waals surface area contributed by atoms with Crippen LogP contribution in [0.25, 0.3) is 11.0 Å². The van der Waals surface area contributed by atoms with Crippen LogP contribution in [0.1, 0.15) is 16.1 Å². The number of carbonyl (C=O) groups excluding carboxylic acids is 1. The molecule has 0 atom stereocenters. The van der Waals surface area contributed by atoms with Crippen molar-refractivity contribution in [3.8, 4) is 0 Å². The molecule has 0 spiro atoms. The van der Waals surface area contributed by atoms with Gasteiger partial charge >= 0.3 is 5.97 Å². The van der Waals surface area contributed by atoms with E-state index in [0.717, 1.165) is 0 Å². The molecule has 0 aliphatic carbocycles. The summed E-state index contributed by atoms with van der Waals surface area (Å²) in [5, 5.41) is 0.132. The van der Waals surface area contributed by atoms with Crippen LogP contribution in [-0.4, -0.2) is 41.3 Å². The summed E-state index contributed by atoms with van der Waals surface area (Å²) in [4.78, 5) is 31.1. The summed E-state index contributed by atoms with van der Waals surface area (Å²) in [6.45, 7) is 2.38. The van der Waals surface area contributed by atoms with Gasteiger partial charge in [-0.25, -0.2) is 9.78 Å². The summed E-state index contributed by atoms with van der Waals surface area (Å²) < 4.78 is 11.5. The van der Waals surface area contributed by atoms with Gasteiger partial charge in [0.05, 0.1) is 41.9 Å². The fourth-order valence-electron chi connectivity index (χ4n) is 2.08. The number of H-pyrrole nitrogens is 1. The fourth-order valence-corrected chi connectivity index (χ4v) is 2.57. The van der Waals surface area contributed by atoms with E-state index < -0.39 is 11.5 Å². The number of pyridine rings is 1. The van der Waals surface area contributed by atoms with E-state index >= 15 is 0 Å². The number of nitrogens with one attached hydrogen (secondary N) is 1. The number of fused-ring (bicyclic) bond motifs is 1. The predicted molar refractivity (Wildman–Crippen MR) is 84.2 cm³/mol. The average molecular weight is 344 g/mol. The lowest BCUT2D eigenvalue weighted by atomic mass is 10.1. The number of aromatic nitrogens is 3. The number of hydrogen-bond donors (Lipinski definition) is 1. The summed E-state index contributed by atoms with van der Waals surface area (Å²) >= 11 is 11.3.